The van der Waals surface area contributed by atoms with E-state index in [1.165, 1.54) is 0 Å². The normalized spacial score (nSPS) is 30.0. The van der Waals surface area contributed by atoms with Crippen LogP contribution in [-0.4, -0.2) is 67.7 Å². The fraction of sp³-hybridized carbons (Fsp3) is 0.824. The summed E-state index contributed by atoms with van der Waals surface area (Å²) in [6, 6.07) is -0.386. The molecule has 0 aromatic heterocycles. The number of hydrogen-bond donors (Lipinski definition) is 3. The first-order chi connectivity index (χ1) is 12.0. The van der Waals surface area contributed by atoms with Gasteiger partial charge in [-0.3, -0.25) is 15.1 Å². The molecule has 8 nitrogen and oxygen atoms in total. The highest BCUT2D eigenvalue weighted by molar-refractivity contribution is 14.0. The van der Waals surface area contributed by atoms with Crippen LogP contribution in [0.4, 0.5) is 4.79 Å². The lowest BCUT2D eigenvalue weighted by Gasteiger charge is -2.39. The standard InChI is InChI=1S/C17H29N5O3.HI/c1-3-18-15(19-10-12-6-9-25-11-12)22-7-4-13(5-8-22)17(2)14(23)20-16(24)21-17;/h12-13H,3-11H2,1-2H3,(H,18,19)(H2,20,21,23,24);1H. The highest BCUT2D eigenvalue weighted by Crippen LogP contribution is 2.30. The van der Waals surface area contributed by atoms with E-state index >= 15 is 0 Å². The average Bonchev–Trinajstić information content (AvgIpc) is 3.20. The summed E-state index contributed by atoms with van der Waals surface area (Å²) in [5, 5.41) is 8.54. The molecular formula is C17H30IN5O3. The molecule has 0 aliphatic carbocycles. The van der Waals surface area contributed by atoms with Crippen molar-refractivity contribution in [2.45, 2.75) is 38.6 Å². The Morgan fingerprint density at radius 2 is 2.08 bits per heavy atom. The maximum atomic E-state index is 12.1. The lowest BCUT2D eigenvalue weighted by molar-refractivity contribution is -0.125. The molecule has 26 heavy (non-hydrogen) atoms. The SMILES string of the molecule is CCNC(=NCC1CCOC1)N1CCC(C2(C)NC(=O)NC2=O)CC1.I. The first kappa shape index (κ1) is 21.2. The van der Waals surface area contributed by atoms with Gasteiger partial charge >= 0.3 is 6.03 Å². The van der Waals surface area contributed by atoms with Crippen molar-refractivity contribution in [2.75, 3.05) is 39.4 Å². The van der Waals surface area contributed by atoms with Gasteiger partial charge in [0.15, 0.2) is 5.96 Å². The third-order valence-corrected chi connectivity index (χ3v) is 5.54. The summed E-state index contributed by atoms with van der Waals surface area (Å²) in [6.07, 6.45) is 2.78. The molecule has 3 saturated heterocycles. The Hall–Kier alpha value is -1.10. The second-order valence-corrected chi connectivity index (χ2v) is 7.30. The van der Waals surface area contributed by atoms with Gasteiger partial charge in [0.25, 0.3) is 5.91 Å². The van der Waals surface area contributed by atoms with Crippen molar-refractivity contribution in [1.29, 1.82) is 0 Å². The number of aliphatic imine (C=N–C) groups is 1. The maximum Gasteiger partial charge on any atom is 0.322 e. The Bertz CT molecular complexity index is 545. The molecule has 0 aromatic rings. The summed E-state index contributed by atoms with van der Waals surface area (Å²) in [7, 11) is 0. The van der Waals surface area contributed by atoms with E-state index in [0.717, 1.165) is 64.6 Å². The van der Waals surface area contributed by atoms with Gasteiger partial charge in [0.05, 0.1) is 6.61 Å². The molecule has 0 aromatic carbocycles. The predicted molar refractivity (Wildman–Crippen MR) is 110 cm³/mol. The molecule has 3 rings (SSSR count). The van der Waals surface area contributed by atoms with Crippen molar-refractivity contribution >= 4 is 41.9 Å². The van der Waals surface area contributed by atoms with Crippen LogP contribution in [0.25, 0.3) is 0 Å². The number of nitrogens with zero attached hydrogens (tertiary/aromatic N) is 2. The molecule has 3 heterocycles. The van der Waals surface area contributed by atoms with Gasteiger partial charge < -0.3 is 20.3 Å². The Morgan fingerprint density at radius 1 is 1.35 bits per heavy atom. The highest BCUT2D eigenvalue weighted by Gasteiger charge is 2.48. The van der Waals surface area contributed by atoms with Crippen LogP contribution in [0.3, 0.4) is 0 Å². The molecule has 0 spiro atoms. The van der Waals surface area contributed by atoms with E-state index in [2.05, 4.69) is 27.8 Å². The highest BCUT2D eigenvalue weighted by atomic mass is 127. The number of rotatable bonds is 4. The predicted octanol–water partition coefficient (Wildman–Crippen LogP) is 0.917. The fourth-order valence-corrected chi connectivity index (χ4v) is 3.88. The van der Waals surface area contributed by atoms with Crippen LogP contribution < -0.4 is 16.0 Å². The lowest BCUT2D eigenvalue weighted by atomic mass is 9.79. The van der Waals surface area contributed by atoms with Crippen LogP contribution in [0.2, 0.25) is 0 Å². The minimum atomic E-state index is -0.792. The van der Waals surface area contributed by atoms with E-state index in [-0.39, 0.29) is 41.8 Å². The van der Waals surface area contributed by atoms with Crippen LogP contribution in [-0.2, 0) is 9.53 Å². The minimum Gasteiger partial charge on any atom is -0.381 e. The second kappa shape index (κ2) is 9.20. The summed E-state index contributed by atoms with van der Waals surface area (Å²) in [5.74, 6) is 1.39. The number of guanidine groups is 1. The molecule has 148 valence electrons. The lowest BCUT2D eigenvalue weighted by Crippen LogP contribution is -2.55. The Kier molecular flexibility index (Phi) is 7.51. The van der Waals surface area contributed by atoms with Crippen molar-refractivity contribution < 1.29 is 14.3 Å². The van der Waals surface area contributed by atoms with Crippen molar-refractivity contribution in [1.82, 2.24) is 20.9 Å². The molecule has 0 saturated carbocycles. The number of halogens is 1. The van der Waals surface area contributed by atoms with Crippen molar-refractivity contribution in [3.8, 4) is 0 Å². The van der Waals surface area contributed by atoms with E-state index in [1.54, 1.807) is 0 Å². The van der Waals surface area contributed by atoms with Crippen molar-refractivity contribution in [2.24, 2.45) is 16.8 Å². The number of ether oxygens (including phenoxy) is 1. The van der Waals surface area contributed by atoms with Gasteiger partial charge in [0.1, 0.15) is 5.54 Å². The Morgan fingerprint density at radius 3 is 2.62 bits per heavy atom. The zero-order valence-electron chi connectivity index (χ0n) is 15.5. The zero-order chi connectivity index (χ0) is 17.9. The molecule has 3 fully saturated rings. The summed E-state index contributed by atoms with van der Waals surface area (Å²) in [5.41, 5.74) is -0.792. The number of hydrogen-bond acceptors (Lipinski definition) is 4. The third kappa shape index (κ3) is 4.59. The number of urea groups is 1. The van der Waals surface area contributed by atoms with Crippen LogP contribution in [0, 0.1) is 11.8 Å². The number of carbonyl (C=O) groups excluding carboxylic acids is 2. The van der Waals surface area contributed by atoms with Crippen LogP contribution >= 0.6 is 24.0 Å². The van der Waals surface area contributed by atoms with E-state index in [9.17, 15) is 9.59 Å². The fourth-order valence-electron chi connectivity index (χ4n) is 3.88. The minimum absolute atomic E-state index is 0. The molecule has 3 aliphatic heterocycles. The van der Waals surface area contributed by atoms with Gasteiger partial charge in [-0.25, -0.2) is 4.79 Å². The largest absolute Gasteiger partial charge is 0.381 e. The van der Waals surface area contributed by atoms with E-state index in [1.807, 2.05) is 6.92 Å². The van der Waals surface area contributed by atoms with Crippen LogP contribution in [0.5, 0.6) is 0 Å². The molecule has 0 radical (unpaired) electrons. The Labute approximate surface area is 171 Å². The summed E-state index contributed by atoms with van der Waals surface area (Å²) >= 11 is 0. The molecule has 9 heteroatoms. The zero-order valence-corrected chi connectivity index (χ0v) is 17.9. The number of piperidine rings is 1. The Balaban J connectivity index is 0.00000243. The van der Waals surface area contributed by atoms with Crippen LogP contribution in [0.1, 0.15) is 33.1 Å². The van der Waals surface area contributed by atoms with Crippen molar-refractivity contribution in [3.05, 3.63) is 0 Å². The van der Waals surface area contributed by atoms with E-state index in [0.29, 0.717) is 5.92 Å². The number of imide groups is 1. The van der Waals surface area contributed by atoms with E-state index < -0.39 is 5.54 Å². The van der Waals surface area contributed by atoms with Gasteiger partial charge in [-0.15, -0.1) is 24.0 Å². The average molecular weight is 479 g/mol. The number of carbonyl (C=O) groups is 2. The molecular weight excluding hydrogens is 449 g/mol. The first-order valence-electron chi connectivity index (χ1n) is 9.27. The summed E-state index contributed by atoms with van der Waals surface area (Å²) in [4.78, 5) is 30.7. The van der Waals surface area contributed by atoms with E-state index in [4.69, 9.17) is 9.73 Å². The third-order valence-electron chi connectivity index (χ3n) is 5.54. The summed E-state index contributed by atoms with van der Waals surface area (Å²) < 4.78 is 5.42. The number of nitrogens with one attached hydrogen (secondary N) is 3. The number of likely N-dealkylation sites (tertiary alicyclic amines) is 1. The van der Waals surface area contributed by atoms with Gasteiger partial charge in [0, 0.05) is 38.7 Å². The molecule has 3 amide bonds. The van der Waals surface area contributed by atoms with Crippen LogP contribution in [0.15, 0.2) is 4.99 Å². The van der Waals surface area contributed by atoms with Gasteiger partial charge in [-0.2, -0.15) is 0 Å². The van der Waals surface area contributed by atoms with Gasteiger partial charge in [-0.05, 0) is 39.0 Å². The first-order valence-corrected chi connectivity index (χ1v) is 9.27. The molecule has 0 bridgehead atoms. The van der Waals surface area contributed by atoms with Crippen molar-refractivity contribution in [3.63, 3.8) is 0 Å². The topological polar surface area (TPSA) is 95.1 Å². The molecule has 2 unspecified atom stereocenters. The molecule has 3 N–H and O–H groups in total. The molecule has 3 aliphatic rings. The molecule has 2 atom stereocenters. The summed E-state index contributed by atoms with van der Waals surface area (Å²) in [6.45, 7) is 8.82. The van der Waals surface area contributed by atoms with Gasteiger partial charge in [0.2, 0.25) is 0 Å². The maximum absolute atomic E-state index is 12.1. The smallest absolute Gasteiger partial charge is 0.322 e. The quantitative estimate of drug-likeness (QED) is 0.241. The number of amides is 3. The van der Waals surface area contributed by atoms with Gasteiger partial charge in [-0.1, -0.05) is 0 Å². The second-order valence-electron chi connectivity index (χ2n) is 7.30. The monoisotopic (exact) mass is 479 g/mol.